The Bertz CT molecular complexity index is 1410. The van der Waals surface area contributed by atoms with Crippen molar-refractivity contribution < 1.29 is 4.39 Å². The first-order valence-corrected chi connectivity index (χ1v) is 11.3. The first kappa shape index (κ1) is 19.7. The van der Waals surface area contributed by atoms with Crippen LogP contribution >= 0.6 is 0 Å². The van der Waals surface area contributed by atoms with Crippen LogP contribution in [0, 0.1) is 12.7 Å². The second-order valence-corrected chi connectivity index (χ2v) is 8.77. The van der Waals surface area contributed by atoms with Crippen LogP contribution in [-0.4, -0.2) is 0 Å². The molecular formula is C32H23F. The van der Waals surface area contributed by atoms with Crippen molar-refractivity contribution in [2.75, 3.05) is 0 Å². The van der Waals surface area contributed by atoms with Crippen molar-refractivity contribution in [2.45, 2.75) is 12.3 Å². The zero-order valence-electron chi connectivity index (χ0n) is 18.4. The molecule has 0 saturated carbocycles. The lowest BCUT2D eigenvalue weighted by Gasteiger charge is -2.34. The minimum atomic E-state index is -0.438. The number of aryl methyl sites for hydroxylation is 1. The highest BCUT2D eigenvalue weighted by molar-refractivity contribution is 5.95. The third kappa shape index (κ3) is 2.89. The lowest BCUT2D eigenvalue weighted by atomic mass is 9.67. The molecule has 0 bridgehead atoms. The standard InChI is InChI=1S/C32H23F/c1-22-19-23(21-26(33)20-22)27-16-10-18-30-31(27)28-15-8-9-17-29(28)32(30,24-11-4-2-5-12-24)25-13-6-3-7-14-25/h2-21H,1H3. The van der Waals surface area contributed by atoms with Gasteiger partial charge < -0.3 is 0 Å². The fourth-order valence-electron chi connectivity index (χ4n) is 5.63. The van der Waals surface area contributed by atoms with Crippen LogP contribution in [0.2, 0.25) is 0 Å². The molecule has 5 aromatic carbocycles. The maximum atomic E-state index is 14.4. The Labute approximate surface area is 194 Å². The molecule has 5 aromatic rings. The topological polar surface area (TPSA) is 0 Å². The van der Waals surface area contributed by atoms with Crippen molar-refractivity contribution in [1.82, 2.24) is 0 Å². The first-order chi connectivity index (χ1) is 16.2. The van der Waals surface area contributed by atoms with Gasteiger partial charge in [-0.2, -0.15) is 0 Å². The number of benzene rings is 5. The normalized spacial score (nSPS) is 13.4. The number of hydrogen-bond donors (Lipinski definition) is 0. The van der Waals surface area contributed by atoms with Crippen LogP contribution in [0.3, 0.4) is 0 Å². The molecule has 33 heavy (non-hydrogen) atoms. The summed E-state index contributed by atoms with van der Waals surface area (Å²) >= 11 is 0. The van der Waals surface area contributed by atoms with Gasteiger partial charge in [0.2, 0.25) is 0 Å². The zero-order chi connectivity index (χ0) is 22.4. The van der Waals surface area contributed by atoms with Crippen molar-refractivity contribution in [3.05, 3.63) is 155 Å². The van der Waals surface area contributed by atoms with Crippen LogP contribution in [0.1, 0.15) is 27.8 Å². The molecule has 0 nitrogen and oxygen atoms in total. The largest absolute Gasteiger partial charge is 0.207 e. The molecule has 1 heteroatoms. The van der Waals surface area contributed by atoms with E-state index in [1.807, 2.05) is 6.92 Å². The molecule has 158 valence electrons. The van der Waals surface area contributed by atoms with Crippen LogP contribution in [0.4, 0.5) is 4.39 Å². The molecule has 0 aromatic heterocycles. The monoisotopic (exact) mass is 426 g/mol. The van der Waals surface area contributed by atoms with Gasteiger partial charge in [0.05, 0.1) is 5.41 Å². The van der Waals surface area contributed by atoms with Crippen molar-refractivity contribution in [3.8, 4) is 22.3 Å². The molecule has 0 heterocycles. The second kappa shape index (κ2) is 7.56. The molecule has 0 unspecified atom stereocenters. The molecule has 0 saturated heterocycles. The van der Waals surface area contributed by atoms with E-state index in [-0.39, 0.29) is 5.82 Å². The van der Waals surface area contributed by atoms with Crippen LogP contribution in [0.5, 0.6) is 0 Å². The quantitative estimate of drug-likeness (QED) is 0.268. The molecule has 0 N–H and O–H groups in total. The highest BCUT2D eigenvalue weighted by atomic mass is 19.1. The van der Waals surface area contributed by atoms with E-state index in [9.17, 15) is 4.39 Å². The summed E-state index contributed by atoms with van der Waals surface area (Å²) in [5.74, 6) is -0.203. The van der Waals surface area contributed by atoms with E-state index in [1.165, 1.54) is 33.4 Å². The molecule has 0 atom stereocenters. The lowest BCUT2D eigenvalue weighted by molar-refractivity contribution is 0.627. The molecule has 1 aliphatic carbocycles. The highest BCUT2D eigenvalue weighted by Crippen LogP contribution is 2.58. The van der Waals surface area contributed by atoms with Gasteiger partial charge in [0.15, 0.2) is 0 Å². The fraction of sp³-hybridized carbons (Fsp3) is 0.0625. The molecule has 0 spiro atoms. The van der Waals surface area contributed by atoms with E-state index in [4.69, 9.17) is 0 Å². The molecule has 6 rings (SSSR count). The molecule has 1 aliphatic rings. The van der Waals surface area contributed by atoms with E-state index >= 15 is 0 Å². The van der Waals surface area contributed by atoms with Crippen molar-refractivity contribution in [2.24, 2.45) is 0 Å². The average Bonchev–Trinajstić information content (AvgIpc) is 3.16. The van der Waals surface area contributed by atoms with Gasteiger partial charge in [-0.15, -0.1) is 0 Å². The first-order valence-electron chi connectivity index (χ1n) is 11.3. The second-order valence-electron chi connectivity index (χ2n) is 8.77. The molecular weight excluding hydrogens is 403 g/mol. The number of fused-ring (bicyclic) bond motifs is 3. The van der Waals surface area contributed by atoms with Crippen molar-refractivity contribution in [3.63, 3.8) is 0 Å². The Balaban J connectivity index is 1.77. The van der Waals surface area contributed by atoms with Gasteiger partial charge in [-0.25, -0.2) is 4.39 Å². The Hall–Kier alpha value is -3.97. The van der Waals surface area contributed by atoms with E-state index in [0.29, 0.717) is 0 Å². The molecule has 0 fully saturated rings. The number of hydrogen-bond acceptors (Lipinski definition) is 0. The summed E-state index contributed by atoms with van der Waals surface area (Å²) in [7, 11) is 0. The van der Waals surface area contributed by atoms with E-state index in [1.54, 1.807) is 12.1 Å². The van der Waals surface area contributed by atoms with Gasteiger partial charge in [0, 0.05) is 0 Å². The van der Waals surface area contributed by atoms with Crippen molar-refractivity contribution >= 4 is 0 Å². The van der Waals surface area contributed by atoms with E-state index < -0.39 is 5.41 Å². The van der Waals surface area contributed by atoms with Gasteiger partial charge >= 0.3 is 0 Å². The van der Waals surface area contributed by atoms with Gasteiger partial charge in [0.1, 0.15) is 5.82 Å². The molecule has 0 radical (unpaired) electrons. The van der Waals surface area contributed by atoms with E-state index in [2.05, 4.69) is 109 Å². The summed E-state index contributed by atoms with van der Waals surface area (Å²) in [6.45, 7) is 1.95. The third-order valence-electron chi connectivity index (χ3n) is 6.84. The van der Waals surface area contributed by atoms with E-state index in [0.717, 1.165) is 16.7 Å². The average molecular weight is 427 g/mol. The summed E-state index contributed by atoms with van der Waals surface area (Å²) < 4.78 is 14.4. The number of rotatable bonds is 3. The van der Waals surface area contributed by atoms with Gasteiger partial charge in [0.25, 0.3) is 0 Å². The van der Waals surface area contributed by atoms with Crippen molar-refractivity contribution in [1.29, 1.82) is 0 Å². The summed E-state index contributed by atoms with van der Waals surface area (Å²) in [5.41, 5.74) is 9.82. The van der Waals surface area contributed by atoms with Crippen LogP contribution in [0.25, 0.3) is 22.3 Å². The Kier molecular flexibility index (Phi) is 4.52. The summed E-state index contributed by atoms with van der Waals surface area (Å²) in [6.07, 6.45) is 0. The van der Waals surface area contributed by atoms with Gasteiger partial charge in [-0.3, -0.25) is 0 Å². The molecule has 0 amide bonds. The van der Waals surface area contributed by atoms with Gasteiger partial charge in [-0.05, 0) is 69.1 Å². The maximum absolute atomic E-state index is 14.4. The lowest BCUT2D eigenvalue weighted by Crippen LogP contribution is -2.28. The van der Waals surface area contributed by atoms with Gasteiger partial charge in [-0.1, -0.05) is 109 Å². The summed E-state index contributed by atoms with van der Waals surface area (Å²) in [5, 5.41) is 0. The molecule has 0 aliphatic heterocycles. The minimum absolute atomic E-state index is 0.203. The smallest absolute Gasteiger partial charge is 0.124 e. The fourth-order valence-corrected chi connectivity index (χ4v) is 5.63. The highest BCUT2D eigenvalue weighted by Gasteiger charge is 2.46. The maximum Gasteiger partial charge on any atom is 0.124 e. The summed E-state index contributed by atoms with van der Waals surface area (Å²) in [6, 6.07) is 41.9. The third-order valence-corrected chi connectivity index (χ3v) is 6.84. The number of halogens is 1. The van der Waals surface area contributed by atoms with Crippen LogP contribution in [0.15, 0.2) is 121 Å². The predicted octanol–water partition coefficient (Wildman–Crippen LogP) is 8.16. The summed E-state index contributed by atoms with van der Waals surface area (Å²) in [4.78, 5) is 0. The predicted molar refractivity (Wildman–Crippen MR) is 134 cm³/mol. The SMILES string of the molecule is Cc1cc(F)cc(-c2cccc3c2-c2ccccc2C3(c2ccccc2)c2ccccc2)c1. The van der Waals surface area contributed by atoms with Crippen LogP contribution in [-0.2, 0) is 5.41 Å². The Morgan fingerprint density at radius 2 is 1.12 bits per heavy atom. The Morgan fingerprint density at radius 3 is 1.79 bits per heavy atom. The zero-order valence-corrected chi connectivity index (χ0v) is 18.4. The van der Waals surface area contributed by atoms with Crippen LogP contribution < -0.4 is 0 Å². The minimum Gasteiger partial charge on any atom is -0.207 e. The Morgan fingerprint density at radius 1 is 0.545 bits per heavy atom.